The van der Waals surface area contributed by atoms with Gasteiger partial charge in [0.05, 0.1) is 5.92 Å². The van der Waals surface area contributed by atoms with Crippen LogP contribution < -0.4 is 0 Å². The maximum Gasteiger partial charge on any atom is 0.410 e. The molecule has 0 fully saturated rings. The molecule has 3 aromatic rings. The number of carbonyl (C=O) groups excluding carboxylic acids is 1. The van der Waals surface area contributed by atoms with Crippen molar-refractivity contribution in [1.29, 1.82) is 0 Å². The van der Waals surface area contributed by atoms with Crippen molar-refractivity contribution in [2.45, 2.75) is 104 Å². The second-order valence-corrected chi connectivity index (χ2v) is 20.2. The average Bonchev–Trinajstić information content (AvgIpc) is 3.58. The van der Waals surface area contributed by atoms with Crippen molar-refractivity contribution < 1.29 is 24.2 Å². The molecule has 3 heterocycles. The molecule has 1 N–H and O–H groups in total. The van der Waals surface area contributed by atoms with Crippen LogP contribution in [0, 0.1) is 11.8 Å². The largest absolute Gasteiger partial charge is 0.481 e. The van der Waals surface area contributed by atoms with Crippen molar-refractivity contribution in [3.8, 4) is 11.1 Å². The van der Waals surface area contributed by atoms with E-state index in [0.717, 1.165) is 34.0 Å². The van der Waals surface area contributed by atoms with E-state index in [1.807, 2.05) is 65.1 Å². The minimum absolute atomic E-state index is 0.173. The summed E-state index contributed by atoms with van der Waals surface area (Å²) in [5.41, 5.74) is 4.33. The van der Waals surface area contributed by atoms with Gasteiger partial charge in [0.15, 0.2) is 5.82 Å². The molecule has 1 unspecified atom stereocenters. The first-order chi connectivity index (χ1) is 21.1. The fourth-order valence-corrected chi connectivity index (χ4v) is 6.18. The Morgan fingerprint density at radius 3 is 2.38 bits per heavy atom. The normalized spacial score (nSPS) is 14.8. The van der Waals surface area contributed by atoms with Crippen molar-refractivity contribution in [1.82, 2.24) is 30.1 Å². The molecule has 1 aliphatic rings. The van der Waals surface area contributed by atoms with Gasteiger partial charge in [-0.1, -0.05) is 51.7 Å². The van der Waals surface area contributed by atoms with Gasteiger partial charge in [-0.25, -0.2) is 9.48 Å². The SMILES string of the molecule is CC(C)CC(C(=O)O)[C@H](Cc1ccc(-c2ccc3c(c2)CN(C(=O)OC(C)(C)C)C3)cn1)c1nnnn1COCC[Si](C)(C)C. The number of pyridine rings is 1. The van der Waals surface area contributed by atoms with Gasteiger partial charge in [-0.2, -0.15) is 0 Å². The van der Waals surface area contributed by atoms with E-state index in [0.29, 0.717) is 38.4 Å². The minimum atomic E-state index is -1.26. The molecule has 12 heteroatoms. The molecule has 45 heavy (non-hydrogen) atoms. The zero-order valence-corrected chi connectivity index (χ0v) is 28.9. The second-order valence-electron chi connectivity index (χ2n) is 14.6. The quantitative estimate of drug-likeness (QED) is 0.168. The third kappa shape index (κ3) is 9.67. The molecule has 1 aromatic carbocycles. The highest BCUT2D eigenvalue weighted by molar-refractivity contribution is 6.76. The third-order valence-corrected chi connectivity index (χ3v) is 9.50. The monoisotopic (exact) mass is 636 g/mol. The predicted molar refractivity (Wildman–Crippen MR) is 174 cm³/mol. The van der Waals surface area contributed by atoms with E-state index in [-0.39, 0.29) is 18.7 Å². The Morgan fingerprint density at radius 2 is 1.76 bits per heavy atom. The van der Waals surface area contributed by atoms with Crippen LogP contribution in [0.25, 0.3) is 11.1 Å². The zero-order chi connectivity index (χ0) is 32.9. The predicted octanol–water partition coefficient (Wildman–Crippen LogP) is 6.37. The summed E-state index contributed by atoms with van der Waals surface area (Å²) in [6.45, 7) is 18.3. The van der Waals surface area contributed by atoms with Crippen molar-refractivity contribution in [2.75, 3.05) is 6.61 Å². The lowest BCUT2D eigenvalue weighted by molar-refractivity contribution is -0.143. The number of hydrogen-bond acceptors (Lipinski definition) is 8. The van der Waals surface area contributed by atoms with Gasteiger partial charge >= 0.3 is 12.1 Å². The fourth-order valence-electron chi connectivity index (χ4n) is 5.43. The summed E-state index contributed by atoms with van der Waals surface area (Å²) in [7, 11) is -1.26. The highest BCUT2D eigenvalue weighted by Crippen LogP contribution is 2.33. The number of rotatable bonds is 13. The summed E-state index contributed by atoms with van der Waals surface area (Å²) in [6, 6.07) is 11.1. The van der Waals surface area contributed by atoms with E-state index >= 15 is 0 Å². The molecule has 1 amide bonds. The standard InChI is InChI=1S/C33H48N6O5Si/c1-22(2)15-29(31(40)41)28(30-35-36-37-39(30)21-43-13-14-45(6,7)8)17-27-12-11-24(18-34-27)23-9-10-25-19-38(20-26(25)16-23)32(42)44-33(3,4)5/h9-12,16,18,22,28-29H,13-15,17,19-21H2,1-8H3,(H,40,41)/t28-,29?/m0/s1. The molecule has 244 valence electrons. The van der Waals surface area contributed by atoms with Crippen LogP contribution in [0.4, 0.5) is 4.79 Å². The summed E-state index contributed by atoms with van der Waals surface area (Å²) in [4.78, 5) is 31.6. The van der Waals surface area contributed by atoms with Crippen molar-refractivity contribution >= 4 is 20.1 Å². The minimum Gasteiger partial charge on any atom is -0.481 e. The smallest absolute Gasteiger partial charge is 0.410 e. The molecule has 0 bridgehead atoms. The lowest BCUT2D eigenvalue weighted by Gasteiger charge is -2.24. The number of benzene rings is 1. The zero-order valence-electron chi connectivity index (χ0n) is 27.9. The van der Waals surface area contributed by atoms with Crippen LogP contribution in [0.15, 0.2) is 36.5 Å². The van der Waals surface area contributed by atoms with Crippen LogP contribution in [0.5, 0.6) is 0 Å². The second kappa shape index (κ2) is 14.2. The average molecular weight is 637 g/mol. The molecule has 2 atom stereocenters. The topological polar surface area (TPSA) is 133 Å². The van der Waals surface area contributed by atoms with Gasteiger partial charge in [0.1, 0.15) is 12.3 Å². The molecule has 0 spiro atoms. The van der Waals surface area contributed by atoms with Gasteiger partial charge in [0.25, 0.3) is 0 Å². The Labute approximate surface area is 267 Å². The Balaban J connectivity index is 1.52. The number of tetrazole rings is 1. The van der Waals surface area contributed by atoms with Crippen molar-refractivity contribution in [2.24, 2.45) is 11.8 Å². The molecule has 11 nitrogen and oxygen atoms in total. The number of aromatic nitrogens is 5. The molecule has 2 aromatic heterocycles. The molecular weight excluding hydrogens is 588 g/mol. The van der Waals surface area contributed by atoms with Gasteiger partial charge in [-0.15, -0.1) is 5.10 Å². The van der Waals surface area contributed by atoms with Crippen LogP contribution >= 0.6 is 0 Å². The molecule has 1 aliphatic heterocycles. The van der Waals surface area contributed by atoms with E-state index in [2.05, 4.69) is 41.2 Å². The highest BCUT2D eigenvalue weighted by Gasteiger charge is 2.35. The van der Waals surface area contributed by atoms with Gasteiger partial charge in [-0.3, -0.25) is 14.7 Å². The summed E-state index contributed by atoms with van der Waals surface area (Å²) in [6.07, 6.45) is 2.35. The van der Waals surface area contributed by atoms with E-state index in [9.17, 15) is 14.7 Å². The van der Waals surface area contributed by atoms with Crippen LogP contribution in [0.1, 0.15) is 69.6 Å². The number of nitrogens with zero attached hydrogens (tertiary/aromatic N) is 6. The number of carboxylic acids is 1. The summed E-state index contributed by atoms with van der Waals surface area (Å²) in [5, 5.41) is 22.6. The summed E-state index contributed by atoms with van der Waals surface area (Å²) < 4.78 is 13.1. The van der Waals surface area contributed by atoms with Gasteiger partial charge in [0.2, 0.25) is 0 Å². The molecule has 0 saturated heterocycles. The lowest BCUT2D eigenvalue weighted by atomic mass is 9.82. The maximum absolute atomic E-state index is 12.6. The molecule has 0 radical (unpaired) electrons. The number of hydrogen-bond donors (Lipinski definition) is 1. The third-order valence-electron chi connectivity index (χ3n) is 7.80. The van der Waals surface area contributed by atoms with Gasteiger partial charge in [0, 0.05) is 57.6 Å². The van der Waals surface area contributed by atoms with E-state index in [1.54, 1.807) is 9.58 Å². The summed E-state index contributed by atoms with van der Waals surface area (Å²) in [5.74, 6) is -1.39. The highest BCUT2D eigenvalue weighted by atomic mass is 28.3. The Morgan fingerprint density at radius 1 is 1.04 bits per heavy atom. The number of fused-ring (bicyclic) bond motifs is 1. The number of aliphatic carboxylic acids is 1. The van der Waals surface area contributed by atoms with E-state index in [4.69, 9.17) is 14.5 Å². The molecule has 4 rings (SSSR count). The Kier molecular flexibility index (Phi) is 10.8. The van der Waals surface area contributed by atoms with Crippen LogP contribution in [-0.4, -0.2) is 67.5 Å². The van der Waals surface area contributed by atoms with Gasteiger partial charge < -0.3 is 14.6 Å². The lowest BCUT2D eigenvalue weighted by Crippen LogP contribution is -2.33. The van der Waals surface area contributed by atoms with E-state index in [1.165, 1.54) is 0 Å². The molecule has 0 saturated carbocycles. The first kappa shape index (κ1) is 34.2. The maximum atomic E-state index is 12.6. The number of carboxylic acid groups (broad SMARTS) is 1. The fraction of sp³-hybridized carbons (Fsp3) is 0.576. The first-order valence-electron chi connectivity index (χ1n) is 15.7. The first-order valence-corrected chi connectivity index (χ1v) is 19.4. The Bertz CT molecular complexity index is 1460. The van der Waals surface area contributed by atoms with Gasteiger partial charge in [-0.05, 0) is 78.4 Å². The molecular formula is C33H48N6O5Si. The van der Waals surface area contributed by atoms with Crippen LogP contribution in [0.3, 0.4) is 0 Å². The van der Waals surface area contributed by atoms with Crippen molar-refractivity contribution in [3.63, 3.8) is 0 Å². The number of carbonyl (C=O) groups is 2. The van der Waals surface area contributed by atoms with Crippen LogP contribution in [-0.2, 0) is 40.5 Å². The number of ether oxygens (including phenoxy) is 2. The Hall–Kier alpha value is -3.64. The number of amides is 1. The van der Waals surface area contributed by atoms with Crippen LogP contribution in [0.2, 0.25) is 25.7 Å². The van der Waals surface area contributed by atoms with E-state index < -0.39 is 31.5 Å². The molecule has 0 aliphatic carbocycles. The van der Waals surface area contributed by atoms with Crippen molar-refractivity contribution in [3.05, 3.63) is 59.2 Å². The summed E-state index contributed by atoms with van der Waals surface area (Å²) >= 11 is 0.